The lowest BCUT2D eigenvalue weighted by Gasteiger charge is -2.40. The molecule has 0 radical (unpaired) electrons. The molecule has 4 saturated heterocycles. The van der Waals surface area contributed by atoms with E-state index in [-0.39, 0.29) is 47.3 Å². The molecule has 0 N–H and O–H groups in total. The molecule has 4 aromatic rings. The van der Waals surface area contributed by atoms with Crippen LogP contribution in [0.2, 0.25) is 0 Å². The van der Waals surface area contributed by atoms with Gasteiger partial charge in [0.05, 0.1) is 33.1 Å². The number of fused-ring (bicyclic) bond motifs is 12. The molecule has 14 heteroatoms. The number of benzene rings is 2. The van der Waals surface area contributed by atoms with Gasteiger partial charge in [0.2, 0.25) is 23.6 Å². The van der Waals surface area contributed by atoms with Crippen LogP contribution in [0.3, 0.4) is 0 Å². The number of hydrogen-bond acceptors (Lipinski definition) is 12. The summed E-state index contributed by atoms with van der Waals surface area (Å²) in [5, 5.41) is 2.55. The molecule has 6 heterocycles. The van der Waals surface area contributed by atoms with Crippen LogP contribution in [0, 0.1) is 71.0 Å². The molecule has 10 fully saturated rings. The van der Waals surface area contributed by atoms with Gasteiger partial charge in [0.15, 0.2) is 0 Å². The maximum absolute atomic E-state index is 13.3. The lowest BCUT2D eigenvalue weighted by atomic mass is 9.78. The Morgan fingerprint density at radius 2 is 0.743 bits per heavy atom. The maximum Gasteiger partial charge on any atom is 0.233 e. The average molecular weight is 985 g/mol. The van der Waals surface area contributed by atoms with Gasteiger partial charge in [0.25, 0.3) is 0 Å². The first-order valence-corrected chi connectivity index (χ1v) is 29.2. The molecule has 2 aromatic heterocycles. The first-order chi connectivity index (χ1) is 34.3. The van der Waals surface area contributed by atoms with Crippen molar-refractivity contribution in [2.75, 3.05) is 88.3 Å². The normalized spacial score (nSPS) is 35.4. The van der Waals surface area contributed by atoms with Crippen molar-refractivity contribution < 1.29 is 19.2 Å². The third kappa shape index (κ3) is 8.21. The van der Waals surface area contributed by atoms with Crippen molar-refractivity contribution in [1.82, 2.24) is 28.3 Å². The monoisotopic (exact) mass is 985 g/mol. The van der Waals surface area contributed by atoms with Crippen molar-refractivity contribution in [2.45, 2.75) is 89.9 Å². The number of imide groups is 2. The summed E-state index contributed by atoms with van der Waals surface area (Å²) in [5.41, 5.74) is 0. The van der Waals surface area contributed by atoms with Crippen LogP contribution in [-0.2, 0) is 19.2 Å². The van der Waals surface area contributed by atoms with Gasteiger partial charge in [0, 0.05) is 89.3 Å². The van der Waals surface area contributed by atoms with E-state index in [9.17, 15) is 19.2 Å². The Hall–Kier alpha value is -3.98. The molecule has 12 atom stereocenters. The summed E-state index contributed by atoms with van der Waals surface area (Å²) in [6.45, 7) is 11.9. The van der Waals surface area contributed by atoms with E-state index >= 15 is 0 Å². The topological polar surface area (TPSA) is 114 Å². The largest absolute Gasteiger partial charge is 0.353 e. The van der Waals surface area contributed by atoms with Crippen molar-refractivity contribution >= 4 is 78.5 Å². The van der Waals surface area contributed by atoms with Crippen LogP contribution in [0.25, 0.3) is 20.2 Å². The van der Waals surface area contributed by atoms with E-state index < -0.39 is 0 Å². The molecule has 10 aliphatic rings. The fourth-order valence-electron chi connectivity index (χ4n) is 16.4. The van der Waals surface area contributed by atoms with Crippen molar-refractivity contribution in [3.8, 4) is 0 Å². The van der Waals surface area contributed by atoms with E-state index in [0.29, 0.717) is 60.4 Å². The van der Waals surface area contributed by atoms with E-state index in [1.54, 1.807) is 32.9 Å². The smallest absolute Gasteiger partial charge is 0.233 e. The Bertz CT molecular complexity index is 2370. The molecule has 6 aliphatic carbocycles. The van der Waals surface area contributed by atoms with Crippen LogP contribution in [-0.4, -0.2) is 131 Å². The van der Waals surface area contributed by atoms with Gasteiger partial charge < -0.3 is 9.80 Å². The first-order valence-electron chi connectivity index (χ1n) is 27.7. The van der Waals surface area contributed by atoms with Crippen molar-refractivity contribution in [1.29, 1.82) is 0 Å². The van der Waals surface area contributed by atoms with E-state index in [2.05, 4.69) is 68.1 Å². The fourth-order valence-corrected chi connectivity index (χ4v) is 18.0. The molecule has 14 rings (SSSR count). The number of rotatable bonds is 10. The number of carbonyl (C=O) groups is 4. The average Bonchev–Trinajstić information content (AvgIpc) is 4.29. The van der Waals surface area contributed by atoms with Gasteiger partial charge in [-0.3, -0.25) is 38.8 Å². The van der Waals surface area contributed by atoms with E-state index in [0.717, 1.165) is 128 Å². The van der Waals surface area contributed by atoms with Gasteiger partial charge in [-0.05, 0) is 159 Å². The first kappa shape index (κ1) is 45.9. The molecule has 70 heavy (non-hydrogen) atoms. The minimum absolute atomic E-state index is 0.0261. The molecule has 0 spiro atoms. The highest BCUT2D eigenvalue weighted by molar-refractivity contribution is 7.14. The Morgan fingerprint density at radius 3 is 1.10 bits per heavy atom. The van der Waals surface area contributed by atoms with Gasteiger partial charge >= 0.3 is 0 Å². The summed E-state index contributed by atoms with van der Waals surface area (Å²) in [6, 6.07) is 17.1. The molecular weight excluding hydrogens is 913 g/mol. The second-order valence-corrected chi connectivity index (χ2v) is 25.1. The van der Waals surface area contributed by atoms with Gasteiger partial charge in [-0.25, -0.2) is 0 Å². The van der Waals surface area contributed by atoms with Gasteiger partial charge in [-0.1, -0.05) is 49.9 Å². The Morgan fingerprint density at radius 1 is 0.414 bits per heavy atom. The van der Waals surface area contributed by atoms with Crippen LogP contribution in [0.4, 0.5) is 11.6 Å². The summed E-state index contributed by atoms with van der Waals surface area (Å²) in [4.78, 5) is 66.7. The van der Waals surface area contributed by atoms with E-state index in [4.69, 9.17) is 8.75 Å². The third-order valence-corrected chi connectivity index (χ3v) is 21.7. The Kier molecular flexibility index (Phi) is 12.5. The quantitative estimate of drug-likeness (QED) is 0.144. The Balaban J connectivity index is 0.000000137. The molecule has 4 bridgehead atoms. The molecule has 4 unspecified atom stereocenters. The standard InChI is InChI=1S/2C28H36N4O2S/c2*33-27-24-18-9-10-19(15-18)25(24)28(34)32(27)17-21-6-2-1-5-20(21)16-30-11-13-31(14-12-30)26-22-7-3-4-8-23(22)35-29-26/h2*3-4,7-8,18-21,24-25H,1-2,5-6,9-17H2/t18-,19+,20?,21?,24?,25?;18-,19+,20-,21-,24+,25-/m.0/s1. The molecule has 12 nitrogen and oxygen atoms in total. The number of hydrogen-bond donors (Lipinski definition) is 0. The third-order valence-electron chi connectivity index (χ3n) is 20.1. The summed E-state index contributed by atoms with van der Waals surface area (Å²) in [6.07, 6.45) is 16.7. The van der Waals surface area contributed by atoms with Gasteiger partial charge in [-0.2, -0.15) is 8.75 Å². The second kappa shape index (κ2) is 19.1. The van der Waals surface area contributed by atoms with Gasteiger partial charge in [0.1, 0.15) is 11.6 Å². The molecule has 4 amide bonds. The minimum Gasteiger partial charge on any atom is -0.353 e. The van der Waals surface area contributed by atoms with Crippen LogP contribution >= 0.6 is 23.1 Å². The SMILES string of the molecule is O=C1C2C(C(=O)N1CC1CCCCC1CN1CCN(c3nsc4ccccc34)CC1)[C@H]1CC[C@@H]2C1.O=C1[C@@H]2[C@H]3CC[C@H](C3)[C@@H]2C(=O)N1C[C@@H]1CCCC[C@H]1CN1CCN(c2nsc3ccccc23)CC1. The minimum atomic E-state index is 0.0261. The lowest BCUT2D eigenvalue weighted by Crippen LogP contribution is -2.49. The predicted molar refractivity (Wildman–Crippen MR) is 277 cm³/mol. The highest BCUT2D eigenvalue weighted by atomic mass is 32.1. The highest BCUT2D eigenvalue weighted by Gasteiger charge is 2.62. The Labute approximate surface area is 421 Å². The number of nitrogens with zero attached hydrogens (tertiary/aromatic N) is 8. The summed E-state index contributed by atoms with van der Waals surface area (Å²) in [5.74, 6) is 7.18. The number of carbonyl (C=O) groups excluding carboxylic acids is 4. The van der Waals surface area contributed by atoms with Crippen molar-refractivity contribution in [3.05, 3.63) is 48.5 Å². The maximum atomic E-state index is 13.3. The molecule has 6 saturated carbocycles. The zero-order valence-corrected chi connectivity index (χ0v) is 42.6. The van der Waals surface area contributed by atoms with Gasteiger partial charge in [-0.15, -0.1) is 0 Å². The molecule has 372 valence electrons. The number of anilines is 2. The molecular formula is C56H72N8O4S2. The second-order valence-electron chi connectivity index (χ2n) is 23.5. The number of aromatic nitrogens is 2. The van der Waals surface area contributed by atoms with E-state index in [1.807, 2.05) is 0 Å². The predicted octanol–water partition coefficient (Wildman–Crippen LogP) is 8.51. The number of likely N-dealkylation sites (tertiary alicyclic amines) is 2. The summed E-state index contributed by atoms with van der Waals surface area (Å²) in [7, 11) is 0. The van der Waals surface area contributed by atoms with Crippen molar-refractivity contribution in [2.24, 2.45) is 71.0 Å². The number of amides is 4. The van der Waals surface area contributed by atoms with Crippen LogP contribution < -0.4 is 9.80 Å². The zero-order valence-electron chi connectivity index (χ0n) is 41.0. The fraction of sp³-hybridized carbons (Fsp3) is 0.679. The van der Waals surface area contributed by atoms with Crippen LogP contribution in [0.15, 0.2) is 48.5 Å². The number of piperazine rings is 2. The van der Waals surface area contributed by atoms with Crippen LogP contribution in [0.1, 0.15) is 89.9 Å². The molecule has 4 aliphatic heterocycles. The summed E-state index contributed by atoms with van der Waals surface area (Å²) >= 11 is 3.20. The highest BCUT2D eigenvalue weighted by Crippen LogP contribution is 2.57. The zero-order chi connectivity index (χ0) is 47.0. The lowest BCUT2D eigenvalue weighted by molar-refractivity contribution is -0.143. The summed E-state index contributed by atoms with van der Waals surface area (Å²) < 4.78 is 12.0. The van der Waals surface area contributed by atoms with Crippen LogP contribution in [0.5, 0.6) is 0 Å². The van der Waals surface area contributed by atoms with E-state index in [1.165, 1.54) is 58.7 Å². The molecule has 2 aromatic carbocycles. The van der Waals surface area contributed by atoms with Crippen molar-refractivity contribution in [3.63, 3.8) is 0 Å².